The molecule has 0 spiro atoms. The second kappa shape index (κ2) is 7.05. The summed E-state index contributed by atoms with van der Waals surface area (Å²) in [5, 5.41) is 3.76. The molecule has 0 saturated carbocycles. The smallest absolute Gasteiger partial charge is 0.251 e. The van der Waals surface area contributed by atoms with Gasteiger partial charge in [0.05, 0.1) is 4.90 Å². The van der Waals surface area contributed by atoms with E-state index >= 15 is 0 Å². The van der Waals surface area contributed by atoms with E-state index in [1.807, 2.05) is 6.92 Å². The van der Waals surface area contributed by atoms with Gasteiger partial charge < -0.3 is 9.09 Å². The molecule has 0 atom stereocenters. The summed E-state index contributed by atoms with van der Waals surface area (Å²) in [6.07, 6.45) is 1.93. The maximum atomic E-state index is 12.5. The van der Waals surface area contributed by atoms with Crippen LogP contribution >= 0.6 is 0 Å². The van der Waals surface area contributed by atoms with Gasteiger partial charge in [-0.25, -0.2) is 8.42 Å². The molecule has 0 radical (unpaired) electrons. The SMILES string of the molecule is CCc1noc(Cn2cc(S(=O)(=O)N(CC)CC)ccc2=O)n1. The summed E-state index contributed by atoms with van der Waals surface area (Å²) in [5.74, 6) is 0.807. The predicted molar refractivity (Wildman–Crippen MR) is 83.6 cm³/mol. The number of hydrogen-bond donors (Lipinski definition) is 0. The van der Waals surface area contributed by atoms with E-state index in [-0.39, 0.29) is 22.9 Å². The molecular weight excluding hydrogens is 320 g/mol. The molecule has 0 fully saturated rings. The zero-order chi connectivity index (χ0) is 17.0. The summed E-state index contributed by atoms with van der Waals surface area (Å²) in [7, 11) is -3.63. The standard InChI is InChI=1S/C14H20N4O4S/c1-4-12-15-13(22-16-12)10-17-9-11(7-8-14(17)19)23(20,21)18(5-2)6-3/h7-9H,4-6,10H2,1-3H3. The Kier molecular flexibility index (Phi) is 5.32. The van der Waals surface area contributed by atoms with Crippen LogP contribution in [0.1, 0.15) is 32.5 Å². The molecule has 9 heteroatoms. The summed E-state index contributed by atoms with van der Waals surface area (Å²) in [4.78, 5) is 16.1. The molecule has 23 heavy (non-hydrogen) atoms. The fraction of sp³-hybridized carbons (Fsp3) is 0.500. The summed E-state index contributed by atoms with van der Waals surface area (Å²) in [6.45, 7) is 6.18. The van der Waals surface area contributed by atoms with E-state index in [0.29, 0.717) is 25.3 Å². The van der Waals surface area contributed by atoms with Crippen molar-refractivity contribution >= 4 is 10.0 Å². The predicted octanol–water partition coefficient (Wildman–Crippen LogP) is 0.873. The van der Waals surface area contributed by atoms with Crippen LogP contribution in [0.15, 0.2) is 32.5 Å². The Labute approximate surface area is 134 Å². The Hall–Kier alpha value is -2.00. The molecule has 8 nitrogen and oxygen atoms in total. The van der Waals surface area contributed by atoms with Crippen LogP contribution in [0.2, 0.25) is 0 Å². The molecule has 0 aliphatic rings. The molecule has 2 aromatic rings. The Bertz CT molecular complexity index is 821. The molecule has 2 aromatic heterocycles. The van der Waals surface area contributed by atoms with Gasteiger partial charge in [-0.3, -0.25) is 4.79 Å². The van der Waals surface area contributed by atoms with Crippen molar-refractivity contribution in [1.82, 2.24) is 19.0 Å². The van der Waals surface area contributed by atoms with Crippen LogP contribution in [0.5, 0.6) is 0 Å². The highest BCUT2D eigenvalue weighted by Crippen LogP contribution is 2.14. The quantitative estimate of drug-likeness (QED) is 0.742. The average molecular weight is 340 g/mol. The van der Waals surface area contributed by atoms with Crippen LogP contribution in [-0.4, -0.2) is 40.5 Å². The number of aryl methyl sites for hydroxylation is 1. The van der Waals surface area contributed by atoms with Crippen molar-refractivity contribution in [2.75, 3.05) is 13.1 Å². The Morgan fingerprint density at radius 2 is 1.91 bits per heavy atom. The second-order valence-electron chi connectivity index (χ2n) is 4.88. The van der Waals surface area contributed by atoms with Gasteiger partial charge in [-0.1, -0.05) is 25.9 Å². The number of rotatable bonds is 7. The van der Waals surface area contributed by atoms with E-state index in [1.54, 1.807) is 13.8 Å². The third-order valence-corrected chi connectivity index (χ3v) is 5.46. The molecule has 126 valence electrons. The third-order valence-electron chi connectivity index (χ3n) is 3.43. The molecule has 0 amide bonds. The molecular formula is C14H20N4O4S. The van der Waals surface area contributed by atoms with Gasteiger partial charge in [-0.15, -0.1) is 0 Å². The van der Waals surface area contributed by atoms with Gasteiger partial charge in [-0.05, 0) is 6.07 Å². The minimum absolute atomic E-state index is 0.0352. The maximum Gasteiger partial charge on any atom is 0.251 e. The first kappa shape index (κ1) is 17.4. The lowest BCUT2D eigenvalue weighted by Crippen LogP contribution is -2.32. The minimum Gasteiger partial charge on any atom is -0.337 e. The van der Waals surface area contributed by atoms with Gasteiger partial charge in [0.2, 0.25) is 15.9 Å². The van der Waals surface area contributed by atoms with E-state index in [1.165, 1.54) is 27.2 Å². The average Bonchev–Trinajstić information content (AvgIpc) is 2.98. The highest BCUT2D eigenvalue weighted by Gasteiger charge is 2.22. The molecule has 0 aromatic carbocycles. The monoisotopic (exact) mass is 340 g/mol. The van der Waals surface area contributed by atoms with E-state index < -0.39 is 10.0 Å². The molecule has 2 rings (SSSR count). The van der Waals surface area contributed by atoms with Gasteiger partial charge in [0.15, 0.2) is 5.82 Å². The van der Waals surface area contributed by atoms with Crippen molar-refractivity contribution in [3.05, 3.63) is 40.4 Å². The molecule has 0 N–H and O–H groups in total. The number of aromatic nitrogens is 3. The lowest BCUT2D eigenvalue weighted by Gasteiger charge is -2.18. The Morgan fingerprint density at radius 1 is 1.22 bits per heavy atom. The van der Waals surface area contributed by atoms with E-state index in [0.717, 1.165) is 0 Å². The fourth-order valence-corrected chi connectivity index (χ4v) is 3.62. The Balaban J connectivity index is 2.37. The first-order valence-electron chi connectivity index (χ1n) is 7.44. The van der Waals surface area contributed by atoms with Crippen LogP contribution in [-0.2, 0) is 23.0 Å². The van der Waals surface area contributed by atoms with Crippen molar-refractivity contribution in [1.29, 1.82) is 0 Å². The van der Waals surface area contributed by atoms with Crippen molar-refractivity contribution in [2.45, 2.75) is 38.6 Å². The highest BCUT2D eigenvalue weighted by molar-refractivity contribution is 7.89. The van der Waals surface area contributed by atoms with Crippen molar-refractivity contribution in [3.63, 3.8) is 0 Å². The van der Waals surface area contributed by atoms with Crippen molar-refractivity contribution in [2.24, 2.45) is 0 Å². The molecule has 0 saturated heterocycles. The van der Waals surface area contributed by atoms with Gasteiger partial charge in [0.1, 0.15) is 6.54 Å². The fourth-order valence-electron chi connectivity index (χ4n) is 2.14. The summed E-state index contributed by atoms with van der Waals surface area (Å²) in [6, 6.07) is 2.55. The first-order valence-corrected chi connectivity index (χ1v) is 8.88. The zero-order valence-electron chi connectivity index (χ0n) is 13.4. The summed E-state index contributed by atoms with van der Waals surface area (Å²) < 4.78 is 32.7. The van der Waals surface area contributed by atoms with Crippen molar-refractivity contribution in [3.8, 4) is 0 Å². The second-order valence-corrected chi connectivity index (χ2v) is 6.82. The van der Waals surface area contributed by atoms with Gasteiger partial charge in [0.25, 0.3) is 5.56 Å². The maximum absolute atomic E-state index is 12.5. The minimum atomic E-state index is -3.63. The zero-order valence-corrected chi connectivity index (χ0v) is 14.2. The highest BCUT2D eigenvalue weighted by atomic mass is 32.2. The van der Waals surface area contributed by atoms with Crippen LogP contribution in [0, 0.1) is 0 Å². The number of sulfonamides is 1. The first-order chi connectivity index (χ1) is 10.9. The van der Waals surface area contributed by atoms with Crippen LogP contribution < -0.4 is 5.56 Å². The topological polar surface area (TPSA) is 98.3 Å². The van der Waals surface area contributed by atoms with E-state index in [4.69, 9.17) is 4.52 Å². The van der Waals surface area contributed by atoms with Crippen LogP contribution in [0.4, 0.5) is 0 Å². The molecule has 0 unspecified atom stereocenters. The number of pyridine rings is 1. The van der Waals surface area contributed by atoms with Crippen LogP contribution in [0.25, 0.3) is 0 Å². The van der Waals surface area contributed by atoms with Gasteiger partial charge >= 0.3 is 0 Å². The lowest BCUT2D eigenvalue weighted by atomic mass is 10.4. The molecule has 0 aliphatic carbocycles. The largest absolute Gasteiger partial charge is 0.337 e. The number of nitrogens with zero attached hydrogens (tertiary/aromatic N) is 4. The normalized spacial score (nSPS) is 12.0. The van der Waals surface area contributed by atoms with Gasteiger partial charge in [0, 0.05) is 31.8 Å². The molecule has 2 heterocycles. The van der Waals surface area contributed by atoms with E-state index in [9.17, 15) is 13.2 Å². The third kappa shape index (κ3) is 3.67. The van der Waals surface area contributed by atoms with E-state index in [2.05, 4.69) is 10.1 Å². The summed E-state index contributed by atoms with van der Waals surface area (Å²) in [5.41, 5.74) is -0.334. The molecule has 0 bridgehead atoms. The lowest BCUT2D eigenvalue weighted by molar-refractivity contribution is 0.364. The summed E-state index contributed by atoms with van der Waals surface area (Å²) >= 11 is 0. The van der Waals surface area contributed by atoms with Gasteiger partial charge in [-0.2, -0.15) is 9.29 Å². The Morgan fingerprint density at radius 3 is 2.48 bits per heavy atom. The van der Waals surface area contributed by atoms with Crippen molar-refractivity contribution < 1.29 is 12.9 Å². The van der Waals surface area contributed by atoms with Crippen LogP contribution in [0.3, 0.4) is 0 Å². The number of hydrogen-bond acceptors (Lipinski definition) is 6. The molecule has 0 aliphatic heterocycles.